The third kappa shape index (κ3) is 1.69. The molecule has 0 aliphatic carbocycles. The van der Waals surface area contributed by atoms with Crippen molar-refractivity contribution in [2.45, 2.75) is 0 Å². The van der Waals surface area contributed by atoms with Gasteiger partial charge in [0.15, 0.2) is 0 Å². The monoisotopic (exact) mass is 235 g/mol. The summed E-state index contributed by atoms with van der Waals surface area (Å²) in [6.45, 7) is 0. The predicted octanol–water partition coefficient (Wildman–Crippen LogP) is 1.49. The zero-order valence-corrected chi connectivity index (χ0v) is 8.12. The minimum Gasteiger partial charge on any atom is -0.480 e. The first kappa shape index (κ1) is 8.48. The van der Waals surface area contributed by atoms with E-state index in [9.17, 15) is 0 Å². The average Bonchev–Trinajstić information content (AvgIpc) is 1.96. The second kappa shape index (κ2) is 3.19. The number of ether oxygens (including phenoxy) is 1. The largest absolute Gasteiger partial charge is 0.480 e. The van der Waals surface area contributed by atoms with Crippen molar-refractivity contribution < 1.29 is 4.74 Å². The number of nitrogen functional groups attached to an aromatic ring is 1. The average molecular weight is 236 g/mol. The van der Waals surface area contributed by atoms with Crippen molar-refractivity contribution in [3.8, 4) is 5.88 Å². The van der Waals surface area contributed by atoms with Crippen molar-refractivity contribution in [2.24, 2.45) is 0 Å². The second-order valence-electron chi connectivity index (χ2n) is 1.78. The maximum atomic E-state index is 5.51. The molecule has 0 unspecified atom stereocenters. The fourth-order valence-corrected chi connectivity index (χ4v) is 1.13. The molecule has 0 radical (unpaired) electrons. The number of nitrogens with two attached hydrogens (primary N) is 1. The van der Waals surface area contributed by atoms with Crippen LogP contribution in [0.5, 0.6) is 5.88 Å². The van der Waals surface area contributed by atoms with Gasteiger partial charge in [-0.3, -0.25) is 0 Å². The molecule has 6 heteroatoms. The van der Waals surface area contributed by atoms with E-state index < -0.39 is 0 Å². The molecule has 1 aromatic rings. The van der Waals surface area contributed by atoms with Gasteiger partial charge in [0, 0.05) is 0 Å². The van der Waals surface area contributed by atoms with Gasteiger partial charge in [0.2, 0.25) is 10.7 Å². The highest BCUT2D eigenvalue weighted by molar-refractivity contribution is 9.10. The zero-order chi connectivity index (χ0) is 8.43. The van der Waals surface area contributed by atoms with Crippen molar-refractivity contribution in [3.05, 3.63) is 9.24 Å². The molecular weight excluding hydrogens is 230 g/mol. The van der Waals surface area contributed by atoms with E-state index >= 15 is 0 Å². The van der Waals surface area contributed by atoms with Crippen LogP contribution in [-0.4, -0.2) is 17.1 Å². The molecular formula is C5H6BrN3OS. The second-order valence-corrected chi connectivity index (χ2v) is 2.96. The van der Waals surface area contributed by atoms with Gasteiger partial charge in [0.1, 0.15) is 10.3 Å². The summed E-state index contributed by atoms with van der Waals surface area (Å²) >= 11 is 7.95. The van der Waals surface area contributed by atoms with E-state index in [1.807, 2.05) is 0 Å². The van der Waals surface area contributed by atoms with Gasteiger partial charge in [0.05, 0.1) is 7.11 Å². The third-order valence-electron chi connectivity index (χ3n) is 1.06. The molecule has 0 aliphatic rings. The summed E-state index contributed by atoms with van der Waals surface area (Å²) in [5.74, 6) is 0.813. The maximum Gasteiger partial charge on any atom is 0.234 e. The summed E-state index contributed by atoms with van der Waals surface area (Å²) in [6, 6.07) is 0. The molecule has 3 N–H and O–H groups in total. The van der Waals surface area contributed by atoms with Crippen LogP contribution in [-0.2, 0) is 0 Å². The summed E-state index contributed by atoms with van der Waals surface area (Å²) in [4.78, 5) is 6.53. The van der Waals surface area contributed by atoms with E-state index in [-0.39, 0.29) is 0 Å². The minimum atomic E-state index is 0.308. The zero-order valence-electron chi connectivity index (χ0n) is 5.72. The number of nitrogens with zero attached hydrogens (tertiary/aromatic N) is 1. The Morgan fingerprint density at radius 1 is 1.73 bits per heavy atom. The molecule has 0 bridgehead atoms. The normalized spacial score (nSPS) is 9.64. The molecule has 60 valence electrons. The number of anilines is 1. The molecule has 1 aromatic heterocycles. The quantitative estimate of drug-likeness (QED) is 0.725. The van der Waals surface area contributed by atoms with Gasteiger partial charge in [0.25, 0.3) is 0 Å². The molecule has 1 heterocycles. The summed E-state index contributed by atoms with van der Waals surface area (Å²) in [7, 11) is 1.50. The van der Waals surface area contributed by atoms with Gasteiger partial charge in [-0.2, -0.15) is 4.98 Å². The Bertz CT molecular complexity index is 324. The highest BCUT2D eigenvalue weighted by atomic mass is 79.9. The lowest BCUT2D eigenvalue weighted by Gasteiger charge is -2.02. The number of aromatic nitrogens is 2. The Kier molecular flexibility index (Phi) is 2.45. The van der Waals surface area contributed by atoms with Gasteiger partial charge in [-0.15, -0.1) is 0 Å². The first-order valence-electron chi connectivity index (χ1n) is 2.74. The SMILES string of the molecule is COc1nc(=S)[nH]c(N)c1Br. The molecule has 0 amide bonds. The van der Waals surface area contributed by atoms with Crippen LogP contribution in [0, 0.1) is 4.77 Å². The minimum absolute atomic E-state index is 0.308. The van der Waals surface area contributed by atoms with Crippen LogP contribution in [0.2, 0.25) is 0 Å². The van der Waals surface area contributed by atoms with Crippen LogP contribution < -0.4 is 10.5 Å². The summed E-state index contributed by atoms with van der Waals surface area (Å²) < 4.78 is 5.78. The number of halogens is 1. The molecule has 0 atom stereocenters. The smallest absolute Gasteiger partial charge is 0.234 e. The number of rotatable bonds is 1. The van der Waals surface area contributed by atoms with E-state index in [1.54, 1.807) is 0 Å². The lowest BCUT2D eigenvalue weighted by molar-refractivity contribution is 0.393. The van der Waals surface area contributed by atoms with Gasteiger partial charge < -0.3 is 15.5 Å². The summed E-state index contributed by atoms with van der Waals surface area (Å²) in [5, 5.41) is 0. The van der Waals surface area contributed by atoms with Gasteiger partial charge in [-0.05, 0) is 28.1 Å². The predicted molar refractivity (Wildman–Crippen MR) is 48.1 cm³/mol. The topological polar surface area (TPSA) is 63.9 Å². The highest BCUT2D eigenvalue weighted by Crippen LogP contribution is 2.25. The molecule has 0 saturated heterocycles. The van der Waals surface area contributed by atoms with Crippen LogP contribution in [0.15, 0.2) is 4.47 Å². The fourth-order valence-electron chi connectivity index (χ4n) is 0.590. The van der Waals surface area contributed by atoms with E-state index in [2.05, 4.69) is 25.9 Å². The number of methoxy groups -OCH3 is 1. The molecule has 0 saturated carbocycles. The van der Waals surface area contributed by atoms with Crippen LogP contribution >= 0.6 is 28.1 Å². The molecule has 0 fully saturated rings. The number of hydrogen-bond donors (Lipinski definition) is 2. The van der Waals surface area contributed by atoms with Crippen molar-refractivity contribution in [2.75, 3.05) is 12.8 Å². The Morgan fingerprint density at radius 3 is 2.91 bits per heavy atom. The lowest BCUT2D eigenvalue weighted by atomic mass is 10.6. The molecule has 11 heavy (non-hydrogen) atoms. The number of hydrogen-bond acceptors (Lipinski definition) is 4. The van der Waals surface area contributed by atoms with Crippen LogP contribution in [0.4, 0.5) is 5.82 Å². The summed E-state index contributed by atoms with van der Waals surface area (Å²) in [6.07, 6.45) is 0. The lowest BCUT2D eigenvalue weighted by Crippen LogP contribution is -1.97. The van der Waals surface area contributed by atoms with Gasteiger partial charge >= 0.3 is 0 Å². The Morgan fingerprint density at radius 2 is 2.36 bits per heavy atom. The van der Waals surface area contributed by atoms with E-state index in [4.69, 9.17) is 22.7 Å². The van der Waals surface area contributed by atoms with Crippen molar-refractivity contribution >= 4 is 34.0 Å². The van der Waals surface area contributed by atoms with Crippen LogP contribution in [0.3, 0.4) is 0 Å². The molecule has 0 spiro atoms. The fraction of sp³-hybridized carbons (Fsp3) is 0.200. The Hall–Kier alpha value is -0.620. The van der Waals surface area contributed by atoms with Gasteiger partial charge in [-0.1, -0.05) is 0 Å². The maximum absolute atomic E-state index is 5.51. The van der Waals surface area contributed by atoms with Crippen LogP contribution in [0.25, 0.3) is 0 Å². The first-order chi connectivity index (χ1) is 5.15. The molecule has 0 aliphatic heterocycles. The Balaban J connectivity index is 3.36. The third-order valence-corrected chi connectivity index (χ3v) is 2.02. The first-order valence-corrected chi connectivity index (χ1v) is 3.94. The molecule has 4 nitrogen and oxygen atoms in total. The highest BCUT2D eigenvalue weighted by Gasteiger charge is 2.04. The van der Waals surface area contributed by atoms with Crippen molar-refractivity contribution in [3.63, 3.8) is 0 Å². The standard InChI is InChI=1S/C5H6BrN3OS/c1-10-4-2(6)3(7)8-5(11)9-4/h1H3,(H3,7,8,9,11). The van der Waals surface area contributed by atoms with Crippen LogP contribution in [0.1, 0.15) is 0 Å². The van der Waals surface area contributed by atoms with Crippen molar-refractivity contribution in [1.29, 1.82) is 0 Å². The number of nitrogens with one attached hydrogen (secondary N) is 1. The van der Waals surface area contributed by atoms with E-state index in [0.29, 0.717) is 20.9 Å². The molecule has 0 aromatic carbocycles. The van der Waals surface area contributed by atoms with Gasteiger partial charge in [-0.25, -0.2) is 0 Å². The molecule has 1 rings (SSSR count). The Labute approximate surface area is 76.9 Å². The summed E-state index contributed by atoms with van der Waals surface area (Å²) in [5.41, 5.74) is 5.51. The number of aromatic amines is 1. The van der Waals surface area contributed by atoms with E-state index in [1.165, 1.54) is 7.11 Å². The van der Waals surface area contributed by atoms with Crippen molar-refractivity contribution in [1.82, 2.24) is 9.97 Å². The van der Waals surface area contributed by atoms with E-state index in [0.717, 1.165) is 0 Å². The number of H-pyrrole nitrogens is 1.